The van der Waals surface area contributed by atoms with E-state index in [1.807, 2.05) is 62.4 Å². The van der Waals surface area contributed by atoms with Crippen molar-refractivity contribution in [3.05, 3.63) is 65.5 Å². The number of hydrazone groups is 1. The van der Waals surface area contributed by atoms with Gasteiger partial charge in [-0.25, -0.2) is 5.43 Å². The van der Waals surface area contributed by atoms with E-state index in [1.165, 1.54) is 0 Å². The van der Waals surface area contributed by atoms with Crippen LogP contribution in [0, 0.1) is 13.8 Å². The van der Waals surface area contributed by atoms with Gasteiger partial charge in [0.15, 0.2) is 0 Å². The van der Waals surface area contributed by atoms with Gasteiger partial charge in [-0.05, 0) is 30.7 Å². The third-order valence-corrected chi connectivity index (χ3v) is 3.61. The van der Waals surface area contributed by atoms with Crippen LogP contribution in [0.15, 0.2) is 53.6 Å². The maximum atomic E-state index is 11.9. The van der Waals surface area contributed by atoms with Crippen molar-refractivity contribution in [2.45, 2.75) is 20.4 Å². The Labute approximate surface area is 134 Å². The fraction of sp³-hybridized carbons (Fsp3) is 0.167. The number of amides is 1. The molecule has 2 aromatic carbocycles. The van der Waals surface area contributed by atoms with Crippen molar-refractivity contribution in [1.82, 2.24) is 15.2 Å². The van der Waals surface area contributed by atoms with E-state index < -0.39 is 0 Å². The molecule has 0 aliphatic rings. The van der Waals surface area contributed by atoms with E-state index in [0.29, 0.717) is 0 Å². The number of carbonyl (C=O) groups excluding carboxylic acids is 1. The van der Waals surface area contributed by atoms with Crippen molar-refractivity contribution >= 4 is 22.9 Å². The number of aryl methyl sites for hydroxylation is 2. The summed E-state index contributed by atoms with van der Waals surface area (Å²) in [7, 11) is 0. The zero-order valence-electron chi connectivity index (χ0n) is 13.2. The minimum atomic E-state index is -0.201. The lowest BCUT2D eigenvalue weighted by Crippen LogP contribution is -2.24. The highest BCUT2D eigenvalue weighted by atomic mass is 16.2. The number of carbonyl (C=O) groups is 1. The van der Waals surface area contributed by atoms with E-state index in [4.69, 9.17) is 0 Å². The fourth-order valence-electron chi connectivity index (χ4n) is 2.54. The van der Waals surface area contributed by atoms with Gasteiger partial charge in [0.05, 0.1) is 11.9 Å². The molecule has 5 nitrogen and oxygen atoms in total. The molecule has 116 valence electrons. The maximum absolute atomic E-state index is 11.9. The van der Waals surface area contributed by atoms with Gasteiger partial charge in [-0.3, -0.25) is 9.48 Å². The summed E-state index contributed by atoms with van der Waals surface area (Å²) in [4.78, 5) is 11.9. The molecule has 1 amide bonds. The van der Waals surface area contributed by atoms with Gasteiger partial charge in [0.1, 0.15) is 6.54 Å². The summed E-state index contributed by atoms with van der Waals surface area (Å²) in [5.41, 5.74) is 5.37. The molecule has 0 aliphatic heterocycles. The van der Waals surface area contributed by atoms with Crippen molar-refractivity contribution in [1.29, 1.82) is 0 Å². The second-order valence-corrected chi connectivity index (χ2v) is 5.45. The van der Waals surface area contributed by atoms with Gasteiger partial charge in [0.2, 0.25) is 0 Å². The predicted octanol–water partition coefficient (Wildman–Crippen LogP) is 2.80. The number of fused-ring (bicyclic) bond motifs is 1. The standard InChI is InChI=1S/C18H18N4O/c1-13-10-14(2)22(21-13)12-18(23)20-19-11-16-8-5-7-15-6-3-4-9-17(15)16/h3-11H,12H2,1-2H3,(H,20,23)/b19-11-. The predicted molar refractivity (Wildman–Crippen MR) is 91.4 cm³/mol. The number of rotatable bonds is 4. The highest BCUT2D eigenvalue weighted by Crippen LogP contribution is 2.16. The summed E-state index contributed by atoms with van der Waals surface area (Å²) in [6.07, 6.45) is 1.67. The number of aromatic nitrogens is 2. The minimum absolute atomic E-state index is 0.159. The van der Waals surface area contributed by atoms with Gasteiger partial charge < -0.3 is 0 Å². The molecule has 23 heavy (non-hydrogen) atoms. The van der Waals surface area contributed by atoms with E-state index in [0.717, 1.165) is 27.7 Å². The van der Waals surface area contributed by atoms with Crippen LogP contribution in [0.5, 0.6) is 0 Å². The summed E-state index contributed by atoms with van der Waals surface area (Å²) in [6.45, 7) is 3.99. The largest absolute Gasteiger partial charge is 0.271 e. The van der Waals surface area contributed by atoms with Gasteiger partial charge in [0, 0.05) is 11.3 Å². The molecule has 0 aliphatic carbocycles. The summed E-state index contributed by atoms with van der Waals surface area (Å²) in [5.74, 6) is -0.201. The zero-order chi connectivity index (χ0) is 16.2. The lowest BCUT2D eigenvalue weighted by atomic mass is 10.1. The molecule has 0 atom stereocenters. The normalized spacial score (nSPS) is 11.2. The van der Waals surface area contributed by atoms with Crippen LogP contribution in [0.4, 0.5) is 0 Å². The van der Waals surface area contributed by atoms with Crippen molar-refractivity contribution in [3.63, 3.8) is 0 Å². The van der Waals surface area contributed by atoms with E-state index in [2.05, 4.69) is 15.6 Å². The Balaban J connectivity index is 1.68. The number of hydrogen-bond donors (Lipinski definition) is 1. The van der Waals surface area contributed by atoms with Crippen LogP contribution in [-0.2, 0) is 11.3 Å². The van der Waals surface area contributed by atoms with Gasteiger partial charge >= 0.3 is 0 Å². The SMILES string of the molecule is Cc1cc(C)n(CC(=O)N/N=C\c2cccc3ccccc23)n1. The third-order valence-electron chi connectivity index (χ3n) is 3.61. The Morgan fingerprint density at radius 2 is 2.00 bits per heavy atom. The Bertz CT molecular complexity index is 874. The van der Waals surface area contributed by atoms with E-state index in [1.54, 1.807) is 10.9 Å². The molecule has 0 fully saturated rings. The van der Waals surface area contributed by atoms with E-state index in [-0.39, 0.29) is 12.5 Å². The first-order chi connectivity index (χ1) is 11.1. The molecule has 0 saturated heterocycles. The van der Waals surface area contributed by atoms with Crippen LogP contribution >= 0.6 is 0 Å². The summed E-state index contributed by atoms with van der Waals surface area (Å²) in [5, 5.41) is 10.6. The first-order valence-corrected chi connectivity index (χ1v) is 7.44. The molecule has 3 rings (SSSR count). The third kappa shape index (κ3) is 3.45. The first-order valence-electron chi connectivity index (χ1n) is 7.44. The average Bonchev–Trinajstić information content (AvgIpc) is 2.85. The van der Waals surface area contributed by atoms with Gasteiger partial charge in [-0.1, -0.05) is 42.5 Å². The lowest BCUT2D eigenvalue weighted by molar-refractivity contribution is -0.121. The highest BCUT2D eigenvalue weighted by molar-refractivity contribution is 5.99. The van der Waals surface area contributed by atoms with Crippen molar-refractivity contribution in [3.8, 4) is 0 Å². The molecule has 0 radical (unpaired) electrons. The fourth-order valence-corrected chi connectivity index (χ4v) is 2.54. The Kier molecular flexibility index (Phi) is 4.19. The first kappa shape index (κ1) is 15.0. The molecule has 0 spiro atoms. The molecule has 1 N–H and O–H groups in total. The Morgan fingerprint density at radius 1 is 1.22 bits per heavy atom. The summed E-state index contributed by atoms with van der Waals surface area (Å²) >= 11 is 0. The number of nitrogens with one attached hydrogen (secondary N) is 1. The smallest absolute Gasteiger partial charge is 0.261 e. The molecular formula is C18H18N4O. The van der Waals surface area contributed by atoms with Crippen molar-refractivity contribution in [2.24, 2.45) is 5.10 Å². The molecule has 0 unspecified atom stereocenters. The molecular weight excluding hydrogens is 288 g/mol. The second-order valence-electron chi connectivity index (χ2n) is 5.45. The van der Waals surface area contributed by atoms with Gasteiger partial charge in [-0.2, -0.15) is 10.2 Å². The zero-order valence-corrected chi connectivity index (χ0v) is 13.2. The van der Waals surface area contributed by atoms with Crippen molar-refractivity contribution < 1.29 is 4.79 Å². The average molecular weight is 306 g/mol. The Hall–Kier alpha value is -2.95. The van der Waals surface area contributed by atoms with Crippen LogP contribution in [0.2, 0.25) is 0 Å². The van der Waals surface area contributed by atoms with E-state index >= 15 is 0 Å². The summed E-state index contributed by atoms with van der Waals surface area (Å²) in [6, 6.07) is 16.0. The van der Waals surface area contributed by atoms with Crippen molar-refractivity contribution in [2.75, 3.05) is 0 Å². The van der Waals surface area contributed by atoms with Crippen LogP contribution in [0.25, 0.3) is 10.8 Å². The molecule has 1 heterocycles. The minimum Gasteiger partial charge on any atom is -0.271 e. The highest BCUT2D eigenvalue weighted by Gasteiger charge is 2.06. The van der Waals surface area contributed by atoms with Gasteiger partial charge in [-0.15, -0.1) is 0 Å². The molecule has 1 aromatic heterocycles. The molecule has 5 heteroatoms. The number of hydrogen-bond acceptors (Lipinski definition) is 3. The van der Waals surface area contributed by atoms with Crippen LogP contribution in [0.1, 0.15) is 17.0 Å². The Morgan fingerprint density at radius 3 is 2.78 bits per heavy atom. The number of benzene rings is 2. The summed E-state index contributed by atoms with van der Waals surface area (Å²) < 4.78 is 1.66. The van der Waals surface area contributed by atoms with Gasteiger partial charge in [0.25, 0.3) is 5.91 Å². The van der Waals surface area contributed by atoms with E-state index in [9.17, 15) is 4.79 Å². The topological polar surface area (TPSA) is 59.3 Å². The van der Waals surface area contributed by atoms with Crippen LogP contribution < -0.4 is 5.43 Å². The molecule has 0 saturated carbocycles. The second kappa shape index (κ2) is 6.44. The molecule has 0 bridgehead atoms. The maximum Gasteiger partial charge on any atom is 0.261 e. The quantitative estimate of drug-likeness (QED) is 0.595. The molecule has 3 aromatic rings. The van der Waals surface area contributed by atoms with Crippen LogP contribution in [0.3, 0.4) is 0 Å². The lowest BCUT2D eigenvalue weighted by Gasteiger charge is -2.03. The number of nitrogens with zero attached hydrogens (tertiary/aromatic N) is 3. The van der Waals surface area contributed by atoms with Crippen LogP contribution in [-0.4, -0.2) is 21.9 Å². The monoisotopic (exact) mass is 306 g/mol.